The van der Waals surface area contributed by atoms with Crippen molar-refractivity contribution in [2.45, 2.75) is 26.8 Å². The lowest BCUT2D eigenvalue weighted by Crippen LogP contribution is -2.36. The average molecular weight is 297 g/mol. The number of carbonyl (C=O) groups is 1. The Hall–Kier alpha value is -2.36. The Morgan fingerprint density at radius 1 is 1.36 bits per heavy atom. The molecule has 0 N–H and O–H groups in total. The molecule has 0 spiro atoms. The number of hydrogen-bond acceptors (Lipinski definition) is 2. The standard InChI is InChI=1S/C18H23N3O/c1-4-20(13-8-11-17-9-6-5-7-10-17)18(22)15(2)21-14-12-19-16(21)3/h5-12,14-15H,4,13H2,1-3H3/b11-8+. The van der Waals surface area contributed by atoms with Crippen LogP contribution in [0.4, 0.5) is 0 Å². The fourth-order valence-electron chi connectivity index (χ4n) is 2.44. The van der Waals surface area contributed by atoms with E-state index in [1.54, 1.807) is 6.20 Å². The van der Waals surface area contributed by atoms with Crippen LogP contribution in [0.25, 0.3) is 6.08 Å². The van der Waals surface area contributed by atoms with E-state index in [-0.39, 0.29) is 11.9 Å². The molecule has 1 unspecified atom stereocenters. The lowest BCUT2D eigenvalue weighted by Gasteiger charge is -2.24. The Morgan fingerprint density at radius 2 is 2.09 bits per heavy atom. The maximum atomic E-state index is 12.6. The van der Waals surface area contributed by atoms with Crippen LogP contribution < -0.4 is 0 Å². The van der Waals surface area contributed by atoms with Crippen LogP contribution in [0, 0.1) is 6.92 Å². The van der Waals surface area contributed by atoms with Gasteiger partial charge in [0.1, 0.15) is 11.9 Å². The van der Waals surface area contributed by atoms with Crippen molar-refractivity contribution in [1.82, 2.24) is 14.5 Å². The van der Waals surface area contributed by atoms with E-state index in [1.165, 1.54) is 0 Å². The normalized spacial score (nSPS) is 12.5. The topological polar surface area (TPSA) is 38.1 Å². The van der Waals surface area contributed by atoms with Gasteiger partial charge in [-0.25, -0.2) is 4.98 Å². The molecule has 1 aromatic carbocycles. The van der Waals surface area contributed by atoms with Gasteiger partial charge in [0.15, 0.2) is 0 Å². The van der Waals surface area contributed by atoms with Gasteiger partial charge in [-0.1, -0.05) is 42.5 Å². The second kappa shape index (κ2) is 7.59. The van der Waals surface area contributed by atoms with Gasteiger partial charge in [-0.15, -0.1) is 0 Å². The molecule has 0 aliphatic rings. The Morgan fingerprint density at radius 3 is 2.68 bits per heavy atom. The molecule has 1 heterocycles. The highest BCUT2D eigenvalue weighted by Gasteiger charge is 2.20. The number of benzene rings is 1. The number of hydrogen-bond donors (Lipinski definition) is 0. The first-order valence-corrected chi connectivity index (χ1v) is 7.63. The molecule has 1 amide bonds. The predicted molar refractivity (Wildman–Crippen MR) is 89.4 cm³/mol. The second-order valence-corrected chi connectivity index (χ2v) is 5.25. The molecule has 4 heteroatoms. The number of likely N-dealkylation sites (N-methyl/N-ethyl adjacent to an activating group) is 1. The van der Waals surface area contributed by atoms with Gasteiger partial charge < -0.3 is 9.47 Å². The molecule has 116 valence electrons. The number of aryl methyl sites for hydroxylation is 1. The summed E-state index contributed by atoms with van der Waals surface area (Å²) < 4.78 is 1.91. The summed E-state index contributed by atoms with van der Waals surface area (Å²) in [5, 5.41) is 0. The van der Waals surface area contributed by atoms with Crippen LogP contribution in [0.3, 0.4) is 0 Å². The zero-order valence-corrected chi connectivity index (χ0v) is 13.4. The minimum Gasteiger partial charge on any atom is -0.337 e. The van der Waals surface area contributed by atoms with Gasteiger partial charge in [0.25, 0.3) is 0 Å². The Labute approximate surface area is 132 Å². The third-order valence-corrected chi connectivity index (χ3v) is 3.77. The third kappa shape index (κ3) is 3.85. The SMILES string of the molecule is CCN(C/C=C/c1ccccc1)C(=O)C(C)n1ccnc1C. The van der Waals surface area contributed by atoms with Crippen molar-refractivity contribution >= 4 is 12.0 Å². The summed E-state index contributed by atoms with van der Waals surface area (Å²) in [7, 11) is 0. The number of imidazole rings is 1. The first-order valence-electron chi connectivity index (χ1n) is 7.63. The first kappa shape index (κ1) is 16.0. The van der Waals surface area contributed by atoms with Crippen molar-refractivity contribution in [3.63, 3.8) is 0 Å². The van der Waals surface area contributed by atoms with Gasteiger partial charge in [0, 0.05) is 25.5 Å². The van der Waals surface area contributed by atoms with Crippen molar-refractivity contribution in [1.29, 1.82) is 0 Å². The molecule has 2 aromatic rings. The summed E-state index contributed by atoms with van der Waals surface area (Å²) in [4.78, 5) is 18.6. The Balaban J connectivity index is 2.00. The molecule has 4 nitrogen and oxygen atoms in total. The van der Waals surface area contributed by atoms with Gasteiger partial charge in [-0.3, -0.25) is 4.79 Å². The summed E-state index contributed by atoms with van der Waals surface area (Å²) in [6.45, 7) is 7.13. The number of aromatic nitrogens is 2. The van der Waals surface area contributed by atoms with Crippen molar-refractivity contribution in [2.75, 3.05) is 13.1 Å². The van der Waals surface area contributed by atoms with Gasteiger partial charge >= 0.3 is 0 Å². The largest absolute Gasteiger partial charge is 0.337 e. The fraction of sp³-hybridized carbons (Fsp3) is 0.333. The van der Waals surface area contributed by atoms with E-state index in [2.05, 4.69) is 4.98 Å². The molecular weight excluding hydrogens is 274 g/mol. The monoisotopic (exact) mass is 297 g/mol. The molecule has 0 aliphatic carbocycles. The van der Waals surface area contributed by atoms with Crippen molar-refractivity contribution in [3.05, 3.63) is 60.2 Å². The van der Waals surface area contributed by atoms with Crippen LogP contribution in [0.5, 0.6) is 0 Å². The maximum absolute atomic E-state index is 12.6. The number of nitrogens with zero attached hydrogens (tertiary/aromatic N) is 3. The molecule has 1 aromatic heterocycles. The zero-order chi connectivity index (χ0) is 15.9. The lowest BCUT2D eigenvalue weighted by atomic mass is 10.2. The summed E-state index contributed by atoms with van der Waals surface area (Å²) in [6.07, 6.45) is 7.66. The highest BCUT2D eigenvalue weighted by atomic mass is 16.2. The lowest BCUT2D eigenvalue weighted by molar-refractivity contribution is -0.133. The third-order valence-electron chi connectivity index (χ3n) is 3.77. The van der Waals surface area contributed by atoms with E-state index in [9.17, 15) is 4.79 Å². The molecule has 1 atom stereocenters. The van der Waals surface area contributed by atoms with Gasteiger partial charge in [-0.2, -0.15) is 0 Å². The van der Waals surface area contributed by atoms with E-state index in [0.717, 1.165) is 11.4 Å². The summed E-state index contributed by atoms with van der Waals surface area (Å²) in [5.41, 5.74) is 1.14. The quantitative estimate of drug-likeness (QED) is 0.820. The number of amides is 1. The molecule has 22 heavy (non-hydrogen) atoms. The minimum absolute atomic E-state index is 0.112. The molecule has 0 fully saturated rings. The molecule has 0 radical (unpaired) electrons. The molecule has 0 saturated carbocycles. The maximum Gasteiger partial charge on any atom is 0.245 e. The highest BCUT2D eigenvalue weighted by molar-refractivity contribution is 5.80. The van der Waals surface area contributed by atoms with Crippen LogP contribution >= 0.6 is 0 Å². The predicted octanol–water partition coefficient (Wildman–Crippen LogP) is 3.31. The second-order valence-electron chi connectivity index (χ2n) is 5.25. The Bertz CT molecular complexity index is 631. The summed E-state index contributed by atoms with van der Waals surface area (Å²) in [6, 6.07) is 9.87. The zero-order valence-electron chi connectivity index (χ0n) is 13.4. The number of rotatable bonds is 6. The fourth-order valence-corrected chi connectivity index (χ4v) is 2.44. The molecule has 0 saturated heterocycles. The number of carbonyl (C=O) groups excluding carboxylic acids is 1. The molecule has 0 aliphatic heterocycles. The molecule has 2 rings (SSSR count). The van der Waals surface area contributed by atoms with E-state index in [0.29, 0.717) is 13.1 Å². The van der Waals surface area contributed by atoms with E-state index < -0.39 is 0 Å². The van der Waals surface area contributed by atoms with Crippen LogP contribution in [-0.4, -0.2) is 33.4 Å². The summed E-state index contributed by atoms with van der Waals surface area (Å²) in [5.74, 6) is 0.970. The van der Waals surface area contributed by atoms with Crippen LogP contribution in [-0.2, 0) is 4.79 Å². The van der Waals surface area contributed by atoms with Crippen LogP contribution in [0.2, 0.25) is 0 Å². The first-order chi connectivity index (χ1) is 10.6. The molecule has 0 bridgehead atoms. The smallest absolute Gasteiger partial charge is 0.245 e. The van der Waals surface area contributed by atoms with Crippen molar-refractivity contribution in [2.24, 2.45) is 0 Å². The van der Waals surface area contributed by atoms with Crippen LogP contribution in [0.15, 0.2) is 48.8 Å². The van der Waals surface area contributed by atoms with Gasteiger partial charge in [-0.05, 0) is 26.3 Å². The van der Waals surface area contributed by atoms with Gasteiger partial charge in [0.05, 0.1) is 0 Å². The summed E-state index contributed by atoms with van der Waals surface area (Å²) >= 11 is 0. The highest BCUT2D eigenvalue weighted by Crippen LogP contribution is 2.12. The minimum atomic E-state index is -0.229. The van der Waals surface area contributed by atoms with Gasteiger partial charge in [0.2, 0.25) is 5.91 Å². The Kier molecular flexibility index (Phi) is 5.53. The van der Waals surface area contributed by atoms with E-state index >= 15 is 0 Å². The average Bonchev–Trinajstić information content (AvgIpc) is 2.97. The van der Waals surface area contributed by atoms with Crippen LogP contribution in [0.1, 0.15) is 31.3 Å². The van der Waals surface area contributed by atoms with E-state index in [1.807, 2.05) is 78.9 Å². The molecular formula is C18H23N3O. The van der Waals surface area contributed by atoms with Crippen molar-refractivity contribution in [3.8, 4) is 0 Å². The van der Waals surface area contributed by atoms with E-state index in [4.69, 9.17) is 0 Å². The van der Waals surface area contributed by atoms with Crippen molar-refractivity contribution < 1.29 is 4.79 Å².